The summed E-state index contributed by atoms with van der Waals surface area (Å²) in [6, 6.07) is 6.58. The molecule has 0 bridgehead atoms. The minimum atomic E-state index is -0.596. The lowest BCUT2D eigenvalue weighted by Crippen LogP contribution is -2.31. The van der Waals surface area contributed by atoms with E-state index in [1.165, 1.54) is 6.33 Å². The Morgan fingerprint density at radius 1 is 1.42 bits per heavy atom. The lowest BCUT2D eigenvalue weighted by atomic mass is 10.1. The fraction of sp³-hybridized carbons (Fsp3) is 0.333. The van der Waals surface area contributed by atoms with E-state index >= 15 is 0 Å². The summed E-state index contributed by atoms with van der Waals surface area (Å²) in [6.07, 6.45) is 5.75. The number of hydrogen-bond donors (Lipinski definition) is 3. The van der Waals surface area contributed by atoms with Gasteiger partial charge in [-0.2, -0.15) is 4.98 Å². The number of carbonyl (C=O) groups excluding carboxylic acids is 1. The molecule has 0 spiro atoms. The van der Waals surface area contributed by atoms with E-state index in [-0.39, 0.29) is 18.3 Å². The Kier molecular flexibility index (Phi) is 6.45. The van der Waals surface area contributed by atoms with E-state index in [0.717, 1.165) is 18.6 Å². The van der Waals surface area contributed by atoms with Gasteiger partial charge in [0.2, 0.25) is 5.95 Å². The van der Waals surface area contributed by atoms with E-state index < -0.39 is 11.9 Å². The fourth-order valence-corrected chi connectivity index (χ4v) is 3.54. The highest BCUT2D eigenvalue weighted by atomic mass is 35.5. The number of anilines is 1. The van der Waals surface area contributed by atoms with Crippen molar-refractivity contribution in [3.05, 3.63) is 64.8 Å². The van der Waals surface area contributed by atoms with Crippen molar-refractivity contribution in [3.63, 3.8) is 0 Å². The molecule has 1 aromatic carbocycles. The monoisotopic (exact) mass is 442 g/mol. The van der Waals surface area contributed by atoms with Crippen LogP contribution in [-0.4, -0.2) is 56.4 Å². The zero-order chi connectivity index (χ0) is 21.8. The van der Waals surface area contributed by atoms with E-state index in [9.17, 15) is 9.90 Å². The highest BCUT2D eigenvalue weighted by Gasteiger charge is 2.19. The van der Waals surface area contributed by atoms with Crippen molar-refractivity contribution in [3.8, 4) is 5.82 Å². The topological polar surface area (TPSA) is 114 Å². The van der Waals surface area contributed by atoms with Gasteiger partial charge in [0.25, 0.3) is 5.91 Å². The number of aryl methyl sites for hydroxylation is 1. The second-order valence-electron chi connectivity index (χ2n) is 7.33. The quantitative estimate of drug-likeness (QED) is 0.514. The molecule has 1 amide bonds. The summed E-state index contributed by atoms with van der Waals surface area (Å²) >= 11 is 6.02. The third kappa shape index (κ3) is 5.01. The smallest absolute Gasteiger partial charge is 0.272 e. The summed E-state index contributed by atoms with van der Waals surface area (Å²) in [5.41, 5.74) is 1.75. The Bertz CT molecular complexity index is 1070. The molecule has 1 aliphatic heterocycles. The first kappa shape index (κ1) is 21.2. The number of aromatic nitrogens is 4. The first-order chi connectivity index (χ1) is 15.0. The van der Waals surface area contributed by atoms with Gasteiger partial charge in [-0.3, -0.25) is 9.36 Å². The second-order valence-corrected chi connectivity index (χ2v) is 7.77. The molecule has 2 aromatic heterocycles. The third-order valence-corrected chi connectivity index (χ3v) is 5.24. The van der Waals surface area contributed by atoms with Gasteiger partial charge >= 0.3 is 0 Å². The predicted molar refractivity (Wildman–Crippen MR) is 115 cm³/mol. The Hall–Kier alpha value is -3.01. The summed E-state index contributed by atoms with van der Waals surface area (Å²) in [7, 11) is 0. The molecule has 3 N–H and O–H groups in total. The van der Waals surface area contributed by atoms with Crippen LogP contribution in [0.3, 0.4) is 0 Å². The van der Waals surface area contributed by atoms with E-state index in [1.807, 2.05) is 6.92 Å². The average Bonchev–Trinajstić information content (AvgIpc) is 3.45. The van der Waals surface area contributed by atoms with Gasteiger partial charge in [-0.15, -0.1) is 0 Å². The van der Waals surface area contributed by atoms with E-state index in [0.29, 0.717) is 29.0 Å². The molecule has 0 aliphatic carbocycles. The lowest BCUT2D eigenvalue weighted by molar-refractivity contribution is 0.0911. The Balaban J connectivity index is 1.50. The fourth-order valence-electron chi connectivity index (χ4n) is 3.34. The number of hydrogen-bond acceptors (Lipinski definition) is 7. The van der Waals surface area contributed by atoms with Crippen LogP contribution >= 0.6 is 11.6 Å². The summed E-state index contributed by atoms with van der Waals surface area (Å²) in [5, 5.41) is 16.3. The number of amides is 1. The van der Waals surface area contributed by atoms with E-state index in [4.69, 9.17) is 16.3 Å². The van der Waals surface area contributed by atoms with Crippen molar-refractivity contribution in [2.45, 2.75) is 25.4 Å². The predicted octanol–water partition coefficient (Wildman–Crippen LogP) is 2.29. The molecule has 162 valence electrons. The van der Waals surface area contributed by atoms with Crippen molar-refractivity contribution < 1.29 is 14.6 Å². The standard InChI is InChI=1S/C21H23ClN6O3/c1-13-8-23-21(25-16-5-6-31-11-16)27-19(13)28-9-17(24-12-28)20(30)26-18(10-29)14-3-2-4-15(22)7-14/h2-4,7-9,12,16,18,29H,5-6,10-11H2,1H3,(H,26,30)(H,23,25,27)/t16?,18-/m1/s1. The molecule has 2 atom stereocenters. The molecule has 1 fully saturated rings. The number of carbonyl (C=O) groups is 1. The molecule has 3 aromatic rings. The zero-order valence-electron chi connectivity index (χ0n) is 17.0. The van der Waals surface area contributed by atoms with Crippen molar-refractivity contribution in [1.82, 2.24) is 24.8 Å². The Morgan fingerprint density at radius 3 is 3.03 bits per heavy atom. The van der Waals surface area contributed by atoms with Crippen molar-refractivity contribution in [2.24, 2.45) is 0 Å². The lowest BCUT2D eigenvalue weighted by Gasteiger charge is -2.16. The number of aliphatic hydroxyl groups excluding tert-OH is 1. The van der Waals surface area contributed by atoms with Gasteiger partial charge in [0, 0.05) is 29.6 Å². The molecule has 31 heavy (non-hydrogen) atoms. The van der Waals surface area contributed by atoms with E-state index in [2.05, 4.69) is 25.6 Å². The molecule has 4 rings (SSSR count). The van der Waals surface area contributed by atoms with Gasteiger partial charge in [-0.05, 0) is 31.0 Å². The van der Waals surface area contributed by atoms with Gasteiger partial charge in [-0.25, -0.2) is 9.97 Å². The van der Waals surface area contributed by atoms with Crippen LogP contribution in [0, 0.1) is 6.92 Å². The molecule has 1 unspecified atom stereocenters. The zero-order valence-corrected chi connectivity index (χ0v) is 17.7. The van der Waals surface area contributed by atoms with Crippen LogP contribution in [0.15, 0.2) is 43.0 Å². The number of ether oxygens (including phenoxy) is 1. The van der Waals surface area contributed by atoms with Gasteiger partial charge in [0.05, 0.1) is 25.3 Å². The maximum Gasteiger partial charge on any atom is 0.272 e. The summed E-state index contributed by atoms with van der Waals surface area (Å²) in [4.78, 5) is 25.8. The van der Waals surface area contributed by atoms with Gasteiger partial charge < -0.3 is 20.5 Å². The Morgan fingerprint density at radius 2 is 2.29 bits per heavy atom. The molecule has 1 saturated heterocycles. The number of aliphatic hydroxyl groups is 1. The average molecular weight is 443 g/mol. The molecular weight excluding hydrogens is 420 g/mol. The van der Waals surface area contributed by atoms with Crippen molar-refractivity contribution in [2.75, 3.05) is 25.1 Å². The van der Waals surface area contributed by atoms with Crippen LogP contribution in [0.25, 0.3) is 5.82 Å². The van der Waals surface area contributed by atoms with Crippen LogP contribution in [0.4, 0.5) is 5.95 Å². The third-order valence-electron chi connectivity index (χ3n) is 5.01. The normalized spacial score (nSPS) is 16.8. The number of rotatable bonds is 7. The summed E-state index contributed by atoms with van der Waals surface area (Å²) in [5.74, 6) is 0.708. The molecular formula is C21H23ClN6O3. The highest BCUT2D eigenvalue weighted by molar-refractivity contribution is 6.30. The van der Waals surface area contributed by atoms with Crippen LogP contribution in [0.2, 0.25) is 5.02 Å². The first-order valence-electron chi connectivity index (χ1n) is 9.93. The number of imidazole rings is 1. The molecule has 0 saturated carbocycles. The molecule has 9 nitrogen and oxygen atoms in total. The minimum Gasteiger partial charge on any atom is -0.394 e. The second kappa shape index (κ2) is 9.42. The molecule has 3 heterocycles. The van der Waals surface area contributed by atoms with Gasteiger partial charge in [0.1, 0.15) is 17.8 Å². The van der Waals surface area contributed by atoms with E-state index in [1.54, 1.807) is 41.2 Å². The maximum absolute atomic E-state index is 12.7. The first-order valence-corrected chi connectivity index (χ1v) is 10.3. The van der Waals surface area contributed by atoms with Crippen molar-refractivity contribution in [1.29, 1.82) is 0 Å². The van der Waals surface area contributed by atoms with Crippen LogP contribution in [0.1, 0.15) is 34.1 Å². The van der Waals surface area contributed by atoms with Gasteiger partial charge in [0.15, 0.2) is 0 Å². The van der Waals surface area contributed by atoms with Crippen LogP contribution in [0.5, 0.6) is 0 Å². The minimum absolute atomic E-state index is 0.182. The summed E-state index contributed by atoms with van der Waals surface area (Å²) in [6.45, 7) is 2.97. The maximum atomic E-state index is 12.7. The van der Waals surface area contributed by atoms with Crippen molar-refractivity contribution >= 4 is 23.5 Å². The largest absolute Gasteiger partial charge is 0.394 e. The molecule has 1 aliphatic rings. The highest BCUT2D eigenvalue weighted by Crippen LogP contribution is 2.19. The number of halogens is 1. The number of nitrogens with zero attached hydrogens (tertiary/aromatic N) is 4. The molecule has 0 radical (unpaired) electrons. The van der Waals surface area contributed by atoms with Gasteiger partial charge in [-0.1, -0.05) is 23.7 Å². The van der Waals surface area contributed by atoms with Crippen LogP contribution in [-0.2, 0) is 4.74 Å². The number of nitrogens with one attached hydrogen (secondary N) is 2. The van der Waals surface area contributed by atoms with Crippen LogP contribution < -0.4 is 10.6 Å². The number of benzene rings is 1. The summed E-state index contributed by atoms with van der Waals surface area (Å²) < 4.78 is 7.05. The molecule has 10 heteroatoms. The Labute approximate surface area is 184 Å². The SMILES string of the molecule is Cc1cnc(NC2CCOC2)nc1-n1cnc(C(=O)N[C@H](CO)c2cccc(Cl)c2)c1.